The fraction of sp³-hybridized carbons (Fsp3) is 0.235. The van der Waals surface area contributed by atoms with Gasteiger partial charge < -0.3 is 10.1 Å². The molecule has 9 nitrogen and oxygen atoms in total. The average molecular weight is 351 g/mol. The molecule has 3 heterocycles. The van der Waals surface area contributed by atoms with Crippen LogP contribution in [-0.2, 0) is 15.2 Å². The van der Waals surface area contributed by atoms with Crippen LogP contribution in [0.2, 0.25) is 0 Å². The molecule has 1 atom stereocenters. The van der Waals surface area contributed by atoms with Gasteiger partial charge in [0.05, 0.1) is 19.3 Å². The van der Waals surface area contributed by atoms with Gasteiger partial charge in [-0.2, -0.15) is 0 Å². The maximum Gasteiger partial charge on any atom is 0.281 e. The van der Waals surface area contributed by atoms with Gasteiger partial charge in [0.1, 0.15) is 0 Å². The van der Waals surface area contributed by atoms with Crippen LogP contribution >= 0.6 is 0 Å². The third-order valence-electron chi connectivity index (χ3n) is 4.27. The second-order valence-corrected chi connectivity index (χ2v) is 5.73. The van der Waals surface area contributed by atoms with Gasteiger partial charge in [-0.3, -0.25) is 9.69 Å². The van der Waals surface area contributed by atoms with E-state index >= 15 is 0 Å². The molecule has 0 bridgehead atoms. The van der Waals surface area contributed by atoms with E-state index in [-0.39, 0.29) is 5.91 Å². The summed E-state index contributed by atoms with van der Waals surface area (Å²) >= 11 is 0. The number of fused-ring (bicyclic) bond motifs is 1. The largest absolute Gasteiger partial charge is 0.383 e. The lowest BCUT2D eigenvalue weighted by atomic mass is 9.95. The highest BCUT2D eigenvalue weighted by molar-refractivity contribution is 6.06. The summed E-state index contributed by atoms with van der Waals surface area (Å²) in [6, 6.07) is 9.36. The SMILES string of the molecule is COCCN1C(=O)C(c2ccccc2)(n2ccnn2)Nc2nccnc21. The van der Waals surface area contributed by atoms with Crippen LogP contribution in [-0.4, -0.2) is 51.1 Å². The lowest BCUT2D eigenvalue weighted by Gasteiger charge is -2.42. The van der Waals surface area contributed by atoms with Crippen molar-refractivity contribution in [3.8, 4) is 0 Å². The molecule has 1 aliphatic rings. The first-order valence-electron chi connectivity index (χ1n) is 8.10. The molecule has 4 rings (SSSR count). The summed E-state index contributed by atoms with van der Waals surface area (Å²) in [4.78, 5) is 23.9. The number of carbonyl (C=O) groups excluding carboxylic acids is 1. The molecule has 0 fully saturated rings. The summed E-state index contributed by atoms with van der Waals surface area (Å²) in [7, 11) is 1.59. The molecule has 0 saturated carbocycles. The average Bonchev–Trinajstić information content (AvgIpc) is 3.23. The molecule has 2 aromatic heterocycles. The highest BCUT2D eigenvalue weighted by atomic mass is 16.5. The van der Waals surface area contributed by atoms with Gasteiger partial charge >= 0.3 is 0 Å². The number of carbonyl (C=O) groups is 1. The van der Waals surface area contributed by atoms with Crippen LogP contribution < -0.4 is 10.2 Å². The highest BCUT2D eigenvalue weighted by Gasteiger charge is 2.51. The Labute approximate surface area is 149 Å². The maximum atomic E-state index is 13.7. The number of hydrogen-bond donors (Lipinski definition) is 1. The van der Waals surface area contributed by atoms with E-state index < -0.39 is 5.66 Å². The fourth-order valence-corrected chi connectivity index (χ4v) is 3.07. The van der Waals surface area contributed by atoms with Crippen molar-refractivity contribution in [2.24, 2.45) is 0 Å². The number of methoxy groups -OCH3 is 1. The van der Waals surface area contributed by atoms with Gasteiger partial charge in [0.15, 0.2) is 11.6 Å². The Morgan fingerprint density at radius 1 is 1.15 bits per heavy atom. The Bertz CT molecular complexity index is 900. The summed E-state index contributed by atoms with van der Waals surface area (Å²) in [6.45, 7) is 0.704. The Balaban J connectivity index is 1.93. The first-order valence-corrected chi connectivity index (χ1v) is 8.10. The normalized spacial score (nSPS) is 19.1. The quantitative estimate of drug-likeness (QED) is 0.728. The number of anilines is 2. The van der Waals surface area contributed by atoms with Crippen LogP contribution in [0.1, 0.15) is 5.56 Å². The van der Waals surface area contributed by atoms with Crippen molar-refractivity contribution >= 4 is 17.5 Å². The zero-order chi connectivity index (χ0) is 18.0. The number of amides is 1. The Hall–Kier alpha value is -3.33. The molecule has 9 heteroatoms. The van der Waals surface area contributed by atoms with Crippen molar-refractivity contribution in [1.29, 1.82) is 0 Å². The number of nitrogens with one attached hydrogen (secondary N) is 1. The first kappa shape index (κ1) is 16.2. The zero-order valence-electron chi connectivity index (χ0n) is 14.1. The van der Waals surface area contributed by atoms with Crippen LogP contribution in [0, 0.1) is 0 Å². The van der Waals surface area contributed by atoms with E-state index in [0.29, 0.717) is 30.4 Å². The molecule has 0 saturated heterocycles. The first-order chi connectivity index (χ1) is 12.8. The minimum Gasteiger partial charge on any atom is -0.383 e. The predicted molar refractivity (Wildman–Crippen MR) is 93.4 cm³/mol. The van der Waals surface area contributed by atoms with Gasteiger partial charge in [-0.1, -0.05) is 35.5 Å². The van der Waals surface area contributed by atoms with Crippen molar-refractivity contribution in [2.75, 3.05) is 30.5 Å². The van der Waals surface area contributed by atoms with Gasteiger partial charge in [0, 0.05) is 31.3 Å². The summed E-state index contributed by atoms with van der Waals surface area (Å²) in [5.41, 5.74) is -0.594. The van der Waals surface area contributed by atoms with Crippen LogP contribution in [0.5, 0.6) is 0 Å². The minimum atomic E-state index is -1.31. The number of rotatable bonds is 5. The van der Waals surface area contributed by atoms with E-state index in [4.69, 9.17) is 4.74 Å². The Morgan fingerprint density at radius 2 is 1.96 bits per heavy atom. The van der Waals surface area contributed by atoms with Crippen LogP contribution in [0.15, 0.2) is 55.1 Å². The smallest absolute Gasteiger partial charge is 0.281 e. The molecule has 1 N–H and O–H groups in total. The summed E-state index contributed by atoms with van der Waals surface area (Å²) in [6.07, 6.45) is 6.31. The highest BCUT2D eigenvalue weighted by Crippen LogP contribution is 2.38. The number of nitrogens with zero attached hydrogens (tertiary/aromatic N) is 6. The van der Waals surface area contributed by atoms with Crippen LogP contribution in [0.25, 0.3) is 0 Å². The lowest BCUT2D eigenvalue weighted by molar-refractivity contribution is -0.125. The molecular weight excluding hydrogens is 334 g/mol. The zero-order valence-corrected chi connectivity index (χ0v) is 14.1. The van der Waals surface area contributed by atoms with Crippen molar-refractivity contribution < 1.29 is 9.53 Å². The van der Waals surface area contributed by atoms with Crippen LogP contribution in [0.3, 0.4) is 0 Å². The van der Waals surface area contributed by atoms with Gasteiger partial charge in [0.25, 0.3) is 5.91 Å². The predicted octanol–water partition coefficient (Wildman–Crippen LogP) is 0.874. The monoisotopic (exact) mass is 351 g/mol. The van der Waals surface area contributed by atoms with Crippen molar-refractivity contribution in [1.82, 2.24) is 25.0 Å². The second kappa shape index (κ2) is 6.52. The van der Waals surface area contributed by atoms with Crippen molar-refractivity contribution in [3.05, 3.63) is 60.7 Å². The Morgan fingerprint density at radius 3 is 2.69 bits per heavy atom. The summed E-state index contributed by atoms with van der Waals surface area (Å²) in [5, 5.41) is 11.2. The molecular formula is C17H17N7O2. The van der Waals surface area contributed by atoms with E-state index in [1.165, 1.54) is 10.9 Å². The van der Waals surface area contributed by atoms with Gasteiger partial charge in [0.2, 0.25) is 5.66 Å². The standard InChI is InChI=1S/C17H17N7O2/c1-26-12-11-23-15-14(18-7-8-19-15)21-17(16(23)25,24-10-9-20-22-24)13-5-3-2-4-6-13/h2-10H,11-12H2,1H3,(H,18,21). The van der Waals surface area contributed by atoms with Gasteiger partial charge in [-0.25, -0.2) is 14.6 Å². The summed E-state index contributed by atoms with van der Waals surface area (Å²) in [5.74, 6) is 0.711. The van der Waals surface area contributed by atoms with E-state index in [1.54, 1.807) is 30.6 Å². The topological polar surface area (TPSA) is 98.1 Å². The molecule has 3 aromatic rings. The van der Waals surface area contributed by atoms with Gasteiger partial charge in [-0.15, -0.1) is 5.10 Å². The molecule has 26 heavy (non-hydrogen) atoms. The minimum absolute atomic E-state index is 0.237. The number of hydrogen-bond acceptors (Lipinski definition) is 7. The number of benzene rings is 1. The van der Waals surface area contributed by atoms with Gasteiger partial charge in [-0.05, 0) is 0 Å². The van der Waals surface area contributed by atoms with Crippen molar-refractivity contribution in [2.45, 2.75) is 5.66 Å². The summed E-state index contributed by atoms with van der Waals surface area (Å²) < 4.78 is 6.68. The third-order valence-corrected chi connectivity index (χ3v) is 4.27. The van der Waals surface area contributed by atoms with Crippen LogP contribution in [0.4, 0.5) is 11.6 Å². The van der Waals surface area contributed by atoms with E-state index in [2.05, 4.69) is 25.6 Å². The van der Waals surface area contributed by atoms with E-state index in [1.807, 2.05) is 30.3 Å². The molecule has 1 unspecified atom stereocenters. The maximum absolute atomic E-state index is 13.7. The Kier molecular flexibility index (Phi) is 4.05. The second-order valence-electron chi connectivity index (χ2n) is 5.73. The molecule has 132 valence electrons. The molecule has 0 aliphatic carbocycles. The molecule has 0 spiro atoms. The number of aromatic nitrogens is 5. The molecule has 1 aliphatic heterocycles. The van der Waals surface area contributed by atoms with E-state index in [9.17, 15) is 4.79 Å². The van der Waals surface area contributed by atoms with E-state index in [0.717, 1.165) is 0 Å². The fourth-order valence-electron chi connectivity index (χ4n) is 3.07. The lowest BCUT2D eigenvalue weighted by Crippen LogP contribution is -2.60. The molecule has 1 aromatic carbocycles. The number of ether oxygens (including phenoxy) is 1. The van der Waals surface area contributed by atoms with Crippen molar-refractivity contribution in [3.63, 3.8) is 0 Å². The third kappa shape index (κ3) is 2.40. The molecule has 0 radical (unpaired) electrons. The molecule has 1 amide bonds.